The molecule has 0 saturated carbocycles. The summed E-state index contributed by atoms with van der Waals surface area (Å²) in [5.41, 5.74) is 2.64. The summed E-state index contributed by atoms with van der Waals surface area (Å²) in [6, 6.07) is 5.44. The minimum absolute atomic E-state index is 0.378. The first-order chi connectivity index (χ1) is 8.68. The molecule has 1 saturated heterocycles. The Morgan fingerprint density at radius 2 is 1.72 bits per heavy atom. The molecule has 1 aliphatic rings. The number of rotatable bonds is 2. The van der Waals surface area contributed by atoms with Crippen molar-refractivity contribution in [2.24, 2.45) is 0 Å². The Morgan fingerprint density at radius 3 is 2.28 bits per heavy atom. The van der Waals surface area contributed by atoms with E-state index in [0.717, 1.165) is 18.7 Å². The molecule has 3 nitrogen and oxygen atoms in total. The largest absolute Gasteiger partial charge is 0.478 e. The molecule has 1 fully saturated rings. The molecule has 1 aromatic rings. The summed E-state index contributed by atoms with van der Waals surface area (Å²) in [6.45, 7) is 4.18. The van der Waals surface area contributed by atoms with Gasteiger partial charge in [-0.1, -0.05) is 19.3 Å². The van der Waals surface area contributed by atoms with Gasteiger partial charge in [-0.25, -0.2) is 4.79 Å². The lowest BCUT2D eigenvalue weighted by Crippen LogP contribution is -2.27. The second-order valence-electron chi connectivity index (χ2n) is 5.06. The number of benzene rings is 1. The van der Waals surface area contributed by atoms with E-state index in [1.807, 2.05) is 13.0 Å². The average molecular weight is 247 g/mol. The van der Waals surface area contributed by atoms with Crippen LogP contribution in [0.15, 0.2) is 18.2 Å². The van der Waals surface area contributed by atoms with Crippen molar-refractivity contribution in [2.45, 2.75) is 39.0 Å². The minimum Gasteiger partial charge on any atom is -0.478 e. The Bertz CT molecular complexity index is 421. The van der Waals surface area contributed by atoms with Crippen LogP contribution in [0.2, 0.25) is 0 Å². The van der Waals surface area contributed by atoms with Gasteiger partial charge in [0, 0.05) is 18.8 Å². The first kappa shape index (κ1) is 12.9. The van der Waals surface area contributed by atoms with Gasteiger partial charge in [-0.2, -0.15) is 0 Å². The quantitative estimate of drug-likeness (QED) is 0.870. The smallest absolute Gasteiger partial charge is 0.335 e. The molecule has 0 radical (unpaired) electrons. The van der Waals surface area contributed by atoms with Crippen LogP contribution >= 0.6 is 0 Å². The number of carboxylic acids is 1. The summed E-state index contributed by atoms with van der Waals surface area (Å²) in [6.07, 6.45) is 6.44. The van der Waals surface area contributed by atoms with E-state index < -0.39 is 5.97 Å². The van der Waals surface area contributed by atoms with Crippen molar-refractivity contribution in [1.29, 1.82) is 0 Å². The molecule has 0 unspecified atom stereocenters. The van der Waals surface area contributed by atoms with Crippen molar-refractivity contribution in [2.75, 3.05) is 18.0 Å². The van der Waals surface area contributed by atoms with E-state index >= 15 is 0 Å². The van der Waals surface area contributed by atoms with Crippen molar-refractivity contribution in [3.63, 3.8) is 0 Å². The zero-order valence-corrected chi connectivity index (χ0v) is 11.0. The molecule has 0 amide bonds. The molecule has 98 valence electrons. The summed E-state index contributed by atoms with van der Waals surface area (Å²) in [5.74, 6) is -0.850. The maximum Gasteiger partial charge on any atom is 0.335 e. The van der Waals surface area contributed by atoms with E-state index in [1.54, 1.807) is 12.1 Å². The van der Waals surface area contributed by atoms with E-state index in [9.17, 15) is 4.79 Å². The molecule has 1 N–H and O–H groups in total. The van der Waals surface area contributed by atoms with Gasteiger partial charge in [-0.15, -0.1) is 0 Å². The van der Waals surface area contributed by atoms with Crippen molar-refractivity contribution in [3.05, 3.63) is 29.3 Å². The third-order valence-corrected chi connectivity index (χ3v) is 3.64. The zero-order chi connectivity index (χ0) is 13.0. The number of hydrogen-bond acceptors (Lipinski definition) is 2. The summed E-state index contributed by atoms with van der Waals surface area (Å²) in [7, 11) is 0. The number of carboxylic acid groups (broad SMARTS) is 1. The van der Waals surface area contributed by atoms with Crippen molar-refractivity contribution < 1.29 is 9.90 Å². The Balaban J connectivity index is 2.18. The van der Waals surface area contributed by atoms with Gasteiger partial charge < -0.3 is 10.0 Å². The molecule has 1 aromatic carbocycles. The number of anilines is 1. The topological polar surface area (TPSA) is 40.5 Å². The van der Waals surface area contributed by atoms with E-state index in [1.165, 1.54) is 37.8 Å². The van der Waals surface area contributed by atoms with E-state index in [2.05, 4.69) is 4.90 Å². The molecular weight excluding hydrogens is 226 g/mol. The van der Waals surface area contributed by atoms with Crippen LogP contribution in [0.25, 0.3) is 0 Å². The SMILES string of the molecule is Cc1cc(C(=O)O)ccc1N1CCCCCCC1. The minimum atomic E-state index is -0.850. The van der Waals surface area contributed by atoms with Gasteiger partial charge in [-0.05, 0) is 43.5 Å². The fourth-order valence-electron chi connectivity index (χ4n) is 2.63. The van der Waals surface area contributed by atoms with E-state index in [4.69, 9.17) is 5.11 Å². The summed E-state index contributed by atoms with van der Waals surface area (Å²) >= 11 is 0. The van der Waals surface area contributed by atoms with Crippen LogP contribution in [0.5, 0.6) is 0 Å². The summed E-state index contributed by atoms with van der Waals surface area (Å²) in [5, 5.41) is 8.98. The predicted octanol–water partition coefficient (Wildman–Crippen LogP) is 3.46. The molecule has 18 heavy (non-hydrogen) atoms. The normalized spacial score (nSPS) is 17.1. The fraction of sp³-hybridized carbons (Fsp3) is 0.533. The average Bonchev–Trinajstić information content (AvgIpc) is 2.29. The molecule has 0 atom stereocenters. The van der Waals surface area contributed by atoms with Gasteiger partial charge >= 0.3 is 5.97 Å². The number of aryl methyl sites for hydroxylation is 1. The highest BCUT2D eigenvalue weighted by Crippen LogP contribution is 2.24. The van der Waals surface area contributed by atoms with Crippen LogP contribution in [0.4, 0.5) is 5.69 Å². The molecular formula is C15H21NO2. The lowest BCUT2D eigenvalue weighted by Gasteiger charge is -2.28. The van der Waals surface area contributed by atoms with Crippen LogP contribution in [0.3, 0.4) is 0 Å². The Hall–Kier alpha value is -1.51. The first-order valence-electron chi connectivity index (χ1n) is 6.77. The Morgan fingerprint density at radius 1 is 1.11 bits per heavy atom. The highest BCUT2D eigenvalue weighted by Gasteiger charge is 2.12. The number of aromatic carboxylic acids is 1. The van der Waals surface area contributed by atoms with Crippen LogP contribution in [-0.2, 0) is 0 Å². The maximum absolute atomic E-state index is 10.9. The summed E-state index contributed by atoms with van der Waals surface area (Å²) < 4.78 is 0. The molecule has 1 heterocycles. The van der Waals surface area contributed by atoms with Crippen LogP contribution < -0.4 is 4.90 Å². The van der Waals surface area contributed by atoms with Gasteiger partial charge in [-0.3, -0.25) is 0 Å². The molecule has 2 rings (SSSR count). The second kappa shape index (κ2) is 5.89. The van der Waals surface area contributed by atoms with Crippen molar-refractivity contribution in [1.82, 2.24) is 0 Å². The standard InChI is InChI=1S/C15H21NO2/c1-12-11-13(15(17)18)7-8-14(12)16-9-5-3-2-4-6-10-16/h7-8,11H,2-6,9-10H2,1H3,(H,17,18). The van der Waals surface area contributed by atoms with Gasteiger partial charge in [0.2, 0.25) is 0 Å². The Kier molecular flexibility index (Phi) is 4.24. The van der Waals surface area contributed by atoms with Gasteiger partial charge in [0.1, 0.15) is 0 Å². The van der Waals surface area contributed by atoms with Gasteiger partial charge in [0.25, 0.3) is 0 Å². The highest BCUT2D eigenvalue weighted by atomic mass is 16.4. The molecule has 0 spiro atoms. The number of hydrogen-bond donors (Lipinski definition) is 1. The van der Waals surface area contributed by atoms with Crippen molar-refractivity contribution in [3.8, 4) is 0 Å². The van der Waals surface area contributed by atoms with Crippen molar-refractivity contribution >= 4 is 11.7 Å². The molecule has 1 aliphatic heterocycles. The van der Waals surface area contributed by atoms with Gasteiger partial charge in [0.05, 0.1) is 5.56 Å². The molecule has 0 aromatic heterocycles. The van der Waals surface area contributed by atoms with Crippen LogP contribution in [0, 0.1) is 6.92 Å². The lowest BCUT2D eigenvalue weighted by molar-refractivity contribution is 0.0697. The first-order valence-corrected chi connectivity index (χ1v) is 6.77. The molecule has 0 bridgehead atoms. The third-order valence-electron chi connectivity index (χ3n) is 3.64. The zero-order valence-electron chi connectivity index (χ0n) is 11.0. The lowest BCUT2D eigenvalue weighted by atomic mass is 10.0. The third kappa shape index (κ3) is 3.03. The van der Waals surface area contributed by atoms with E-state index in [-0.39, 0.29) is 0 Å². The summed E-state index contributed by atoms with van der Waals surface area (Å²) in [4.78, 5) is 13.3. The van der Waals surface area contributed by atoms with Gasteiger partial charge in [0.15, 0.2) is 0 Å². The monoisotopic (exact) mass is 247 g/mol. The highest BCUT2D eigenvalue weighted by molar-refractivity contribution is 5.88. The molecule has 3 heteroatoms. The fourth-order valence-corrected chi connectivity index (χ4v) is 2.63. The number of nitrogens with zero attached hydrogens (tertiary/aromatic N) is 1. The van der Waals surface area contributed by atoms with Crippen LogP contribution in [0.1, 0.15) is 48.0 Å². The van der Waals surface area contributed by atoms with E-state index in [0.29, 0.717) is 5.56 Å². The predicted molar refractivity (Wildman–Crippen MR) is 73.4 cm³/mol. The second-order valence-corrected chi connectivity index (χ2v) is 5.06. The Labute approximate surface area is 108 Å². The molecule has 0 aliphatic carbocycles. The number of carbonyl (C=O) groups is 1. The van der Waals surface area contributed by atoms with Crippen LogP contribution in [-0.4, -0.2) is 24.2 Å². The maximum atomic E-state index is 10.9.